The van der Waals surface area contributed by atoms with Gasteiger partial charge in [0.2, 0.25) is 0 Å². The highest BCUT2D eigenvalue weighted by Gasteiger charge is 2.53. The quantitative estimate of drug-likeness (QED) is 0.419. The average molecular weight is 416 g/mol. The summed E-state index contributed by atoms with van der Waals surface area (Å²) < 4.78 is 0. The molecule has 1 aliphatic heterocycles. The van der Waals surface area contributed by atoms with Crippen LogP contribution >= 0.6 is 7.26 Å². The van der Waals surface area contributed by atoms with Gasteiger partial charge in [0.1, 0.15) is 23.2 Å². The average Bonchev–Trinajstić information content (AvgIpc) is 2.92. The van der Waals surface area contributed by atoms with E-state index >= 15 is 0 Å². The molecule has 0 N–H and O–H groups in total. The first-order valence-electron chi connectivity index (χ1n) is 10.5. The summed E-state index contributed by atoms with van der Waals surface area (Å²) in [5.41, 5.74) is 0.193. The minimum Gasteiger partial charge on any atom is -0.136 e. The summed E-state index contributed by atoms with van der Waals surface area (Å²) in [7, 11) is -2.00. The number of rotatable bonds is 5. The predicted molar refractivity (Wildman–Crippen MR) is 129 cm³/mol. The van der Waals surface area contributed by atoms with E-state index in [-0.39, 0.29) is 0 Å². The van der Waals surface area contributed by atoms with E-state index in [0.717, 1.165) is 6.16 Å². The van der Waals surface area contributed by atoms with Crippen molar-refractivity contribution in [3.8, 4) is 0 Å². The van der Waals surface area contributed by atoms with Gasteiger partial charge >= 0.3 is 0 Å². The minimum atomic E-state index is -2.00. The van der Waals surface area contributed by atoms with Crippen LogP contribution in [0.2, 0.25) is 0 Å². The Balaban J connectivity index is 1.99. The van der Waals surface area contributed by atoms with Crippen LogP contribution in [0.4, 0.5) is 0 Å². The van der Waals surface area contributed by atoms with Crippen molar-refractivity contribution in [3.05, 3.63) is 103 Å². The lowest BCUT2D eigenvalue weighted by molar-refractivity contribution is -0.238. The summed E-state index contributed by atoms with van der Waals surface area (Å²) >= 11 is 0. The molecule has 4 rings (SSSR count). The van der Waals surface area contributed by atoms with E-state index in [9.17, 15) is 5.21 Å². The molecular formula is C27H30NOP+. The minimum absolute atomic E-state index is 0.501. The molecule has 0 atom stereocenters. The monoisotopic (exact) mass is 415 g/mol. The zero-order valence-corrected chi connectivity index (χ0v) is 19.1. The molecule has 0 fully saturated rings. The molecule has 0 amide bonds. The van der Waals surface area contributed by atoms with Crippen molar-refractivity contribution < 1.29 is 5.21 Å². The lowest BCUT2D eigenvalue weighted by Crippen LogP contribution is -2.47. The summed E-state index contributed by atoms with van der Waals surface area (Å²) in [6, 6.07) is 32.6. The molecule has 30 heavy (non-hydrogen) atoms. The summed E-state index contributed by atoms with van der Waals surface area (Å²) in [5.74, 6) is 0. The Bertz CT molecular complexity index is 930. The van der Waals surface area contributed by atoms with Crippen LogP contribution in [-0.4, -0.2) is 22.3 Å². The second-order valence-electron chi connectivity index (χ2n) is 9.15. The Morgan fingerprint density at radius 3 is 1.33 bits per heavy atom. The van der Waals surface area contributed by atoms with E-state index in [0.29, 0.717) is 0 Å². The van der Waals surface area contributed by atoms with Crippen molar-refractivity contribution >= 4 is 23.2 Å². The van der Waals surface area contributed by atoms with Gasteiger partial charge in [-0.25, -0.2) is 0 Å². The fourth-order valence-corrected chi connectivity index (χ4v) is 9.25. The number of nitrogens with zero attached hydrogens (tertiary/aromatic N) is 1. The predicted octanol–water partition coefficient (Wildman–Crippen LogP) is 5.13. The number of hydrogen-bond acceptors (Lipinski definition) is 1. The molecule has 0 saturated carbocycles. The molecular weight excluding hydrogens is 385 g/mol. The van der Waals surface area contributed by atoms with E-state index < -0.39 is 18.3 Å². The van der Waals surface area contributed by atoms with Gasteiger partial charge in [0, 0.05) is 0 Å². The Morgan fingerprint density at radius 1 is 0.667 bits per heavy atom. The van der Waals surface area contributed by atoms with Crippen molar-refractivity contribution in [2.24, 2.45) is 0 Å². The lowest BCUT2D eigenvalue weighted by Gasteiger charge is -2.36. The van der Waals surface area contributed by atoms with Gasteiger partial charge in [-0.15, -0.1) is 10.3 Å². The highest BCUT2D eigenvalue weighted by Crippen LogP contribution is 2.59. The Hall–Kier alpha value is -2.25. The van der Waals surface area contributed by atoms with Crippen LogP contribution in [0.1, 0.15) is 27.7 Å². The third-order valence-electron chi connectivity index (χ3n) is 6.34. The van der Waals surface area contributed by atoms with Crippen molar-refractivity contribution in [3.63, 3.8) is 0 Å². The molecule has 153 valence electrons. The highest BCUT2D eigenvalue weighted by molar-refractivity contribution is 7.95. The van der Waals surface area contributed by atoms with Gasteiger partial charge in [0.15, 0.2) is 0 Å². The zero-order chi connectivity index (χ0) is 21.4. The van der Waals surface area contributed by atoms with E-state index in [2.05, 4.69) is 111 Å². The molecule has 0 aromatic heterocycles. The molecule has 0 bridgehead atoms. The number of hydrogen-bond donors (Lipinski definition) is 0. The summed E-state index contributed by atoms with van der Waals surface area (Å²) in [6.07, 6.45) is 3.07. The fraction of sp³-hybridized carbons (Fsp3) is 0.259. The van der Waals surface area contributed by atoms with Gasteiger partial charge in [0.05, 0.1) is 17.2 Å². The van der Waals surface area contributed by atoms with Crippen LogP contribution in [0, 0.1) is 0 Å². The Kier molecular flexibility index (Phi) is 5.45. The molecule has 3 aromatic rings. The first-order chi connectivity index (χ1) is 14.3. The maximum absolute atomic E-state index is 13.1. The summed E-state index contributed by atoms with van der Waals surface area (Å²) in [5, 5.41) is 18.4. The maximum Gasteiger partial charge on any atom is 0.116 e. The van der Waals surface area contributed by atoms with Crippen molar-refractivity contribution in [2.75, 3.05) is 6.16 Å². The van der Waals surface area contributed by atoms with E-state index in [4.69, 9.17) is 0 Å². The van der Waals surface area contributed by atoms with Crippen LogP contribution in [0.5, 0.6) is 0 Å². The topological polar surface area (TPSA) is 23.1 Å². The van der Waals surface area contributed by atoms with E-state index in [1.165, 1.54) is 26.5 Å². The largest absolute Gasteiger partial charge is 0.136 e. The molecule has 3 aromatic carbocycles. The third-order valence-corrected chi connectivity index (χ3v) is 10.7. The molecule has 1 radical (unpaired) electrons. The van der Waals surface area contributed by atoms with Gasteiger partial charge in [-0.05, 0) is 69.7 Å². The van der Waals surface area contributed by atoms with Gasteiger partial charge in [-0.1, -0.05) is 60.7 Å². The van der Waals surface area contributed by atoms with Gasteiger partial charge in [0.25, 0.3) is 0 Å². The third kappa shape index (κ3) is 3.44. The van der Waals surface area contributed by atoms with Crippen LogP contribution in [0.25, 0.3) is 0 Å². The summed E-state index contributed by atoms with van der Waals surface area (Å²) in [4.78, 5) is 0. The van der Waals surface area contributed by atoms with E-state index in [1.807, 2.05) is 13.8 Å². The SMILES string of the molecule is CC1(C)C=C(C[P+](c2ccccc2)(c2ccccc2)c2ccccc2)C(C)(C)N1[O]. The van der Waals surface area contributed by atoms with Crippen molar-refractivity contribution in [1.29, 1.82) is 0 Å². The van der Waals surface area contributed by atoms with Gasteiger partial charge < -0.3 is 0 Å². The second kappa shape index (κ2) is 7.78. The highest BCUT2D eigenvalue weighted by atomic mass is 31.2. The number of benzene rings is 3. The Morgan fingerprint density at radius 2 is 1.03 bits per heavy atom. The van der Waals surface area contributed by atoms with Crippen LogP contribution < -0.4 is 15.9 Å². The fourth-order valence-electron chi connectivity index (χ4n) is 4.78. The molecule has 2 nitrogen and oxygen atoms in total. The molecule has 1 heterocycles. The molecule has 0 spiro atoms. The van der Waals surface area contributed by atoms with Crippen LogP contribution in [0.3, 0.4) is 0 Å². The van der Waals surface area contributed by atoms with Gasteiger partial charge in [-0.2, -0.15) is 0 Å². The molecule has 1 aliphatic rings. The van der Waals surface area contributed by atoms with Crippen molar-refractivity contribution in [2.45, 2.75) is 38.8 Å². The molecule has 0 unspecified atom stereocenters. The normalized spacial score (nSPS) is 18.2. The molecule has 0 aliphatic carbocycles. The lowest BCUT2D eigenvalue weighted by atomic mass is 9.98. The first-order valence-corrected chi connectivity index (χ1v) is 12.5. The second-order valence-corrected chi connectivity index (χ2v) is 12.6. The van der Waals surface area contributed by atoms with Crippen molar-refractivity contribution in [1.82, 2.24) is 5.06 Å². The van der Waals surface area contributed by atoms with Gasteiger partial charge in [-0.3, -0.25) is 0 Å². The Labute approximate surface area is 181 Å². The van der Waals surface area contributed by atoms with E-state index in [1.54, 1.807) is 0 Å². The van der Waals surface area contributed by atoms with Crippen LogP contribution in [0.15, 0.2) is 103 Å². The maximum atomic E-state index is 13.1. The standard InChI is InChI=1S/C27H30NOP/c1-26(2)20-22(27(3,4)28(26)29)21-30(23-14-8-5-9-15-23,24-16-10-6-11-17-24)25-18-12-7-13-19-25/h5-20H,21H2,1-4H3/q+1. The molecule has 0 saturated heterocycles. The van der Waals surface area contributed by atoms with Crippen LogP contribution in [-0.2, 0) is 5.21 Å². The molecule has 3 heteroatoms. The smallest absolute Gasteiger partial charge is 0.116 e. The number of hydroxylamine groups is 2. The zero-order valence-electron chi connectivity index (χ0n) is 18.2. The summed E-state index contributed by atoms with van der Waals surface area (Å²) in [6.45, 7) is 8.16. The first kappa shape index (κ1) is 21.0.